The van der Waals surface area contributed by atoms with E-state index in [4.69, 9.17) is 0 Å². The Hall–Kier alpha value is -0.250. The zero-order valence-electron chi connectivity index (χ0n) is 12.5. The van der Waals surface area contributed by atoms with Gasteiger partial charge in [0.1, 0.15) is 0 Å². The zero-order chi connectivity index (χ0) is 14.9. The van der Waals surface area contributed by atoms with Crippen molar-refractivity contribution in [2.24, 2.45) is 29.6 Å². The topological polar surface area (TPSA) is 20.2 Å². The van der Waals surface area contributed by atoms with Crippen LogP contribution in [0.4, 0.5) is 13.2 Å². The minimum Gasteiger partial charge on any atom is -0.393 e. The normalized spacial score (nSPS) is 41.4. The van der Waals surface area contributed by atoms with Crippen molar-refractivity contribution >= 4 is 0 Å². The number of aliphatic hydroxyl groups is 1. The average Bonchev–Trinajstić information content (AvgIpc) is 2.35. The van der Waals surface area contributed by atoms with E-state index in [0.717, 1.165) is 25.7 Å². The standard InChI is InChI=1S/C16H27F3O/c1-10-7-11(2)9-12(8-10)15(20)13-5-3-4-6-14(13)16(17,18)19/h10-15,20H,3-9H2,1-2H3. The van der Waals surface area contributed by atoms with E-state index in [2.05, 4.69) is 13.8 Å². The fraction of sp³-hybridized carbons (Fsp3) is 1.00. The molecule has 20 heavy (non-hydrogen) atoms. The highest BCUT2D eigenvalue weighted by atomic mass is 19.4. The molecule has 2 fully saturated rings. The highest BCUT2D eigenvalue weighted by Crippen LogP contribution is 2.46. The molecular formula is C16H27F3O. The van der Waals surface area contributed by atoms with E-state index in [1.54, 1.807) is 0 Å². The van der Waals surface area contributed by atoms with Crippen LogP contribution in [0.5, 0.6) is 0 Å². The van der Waals surface area contributed by atoms with E-state index in [1.165, 1.54) is 0 Å². The lowest BCUT2D eigenvalue weighted by molar-refractivity contribution is -0.211. The molecule has 1 nitrogen and oxygen atoms in total. The molecule has 0 heterocycles. The lowest BCUT2D eigenvalue weighted by Gasteiger charge is -2.42. The van der Waals surface area contributed by atoms with Gasteiger partial charge in [-0.3, -0.25) is 0 Å². The molecule has 0 aromatic carbocycles. The predicted octanol–water partition coefficient (Wildman–Crippen LogP) is 4.79. The monoisotopic (exact) mass is 292 g/mol. The summed E-state index contributed by atoms with van der Waals surface area (Å²) < 4.78 is 39.5. The molecule has 0 spiro atoms. The van der Waals surface area contributed by atoms with Crippen LogP contribution in [-0.4, -0.2) is 17.4 Å². The first kappa shape index (κ1) is 16.1. The second-order valence-electron chi connectivity index (χ2n) is 7.26. The van der Waals surface area contributed by atoms with Gasteiger partial charge in [0.15, 0.2) is 0 Å². The van der Waals surface area contributed by atoms with Crippen molar-refractivity contribution in [2.45, 2.75) is 71.1 Å². The summed E-state index contributed by atoms with van der Waals surface area (Å²) in [5.41, 5.74) is 0. The highest BCUT2D eigenvalue weighted by Gasteiger charge is 2.49. The zero-order valence-corrected chi connectivity index (χ0v) is 12.5. The van der Waals surface area contributed by atoms with E-state index >= 15 is 0 Å². The molecule has 2 aliphatic carbocycles. The molecule has 2 saturated carbocycles. The highest BCUT2D eigenvalue weighted by molar-refractivity contribution is 4.90. The maximum Gasteiger partial charge on any atom is 0.392 e. The summed E-state index contributed by atoms with van der Waals surface area (Å²) in [4.78, 5) is 0. The van der Waals surface area contributed by atoms with Crippen molar-refractivity contribution < 1.29 is 18.3 Å². The van der Waals surface area contributed by atoms with Gasteiger partial charge in [0.05, 0.1) is 12.0 Å². The fourth-order valence-corrected chi connectivity index (χ4v) is 4.61. The summed E-state index contributed by atoms with van der Waals surface area (Å²) >= 11 is 0. The Bertz CT molecular complexity index is 305. The number of hydrogen-bond acceptors (Lipinski definition) is 1. The smallest absolute Gasteiger partial charge is 0.392 e. The molecule has 2 rings (SSSR count). The first-order valence-electron chi connectivity index (χ1n) is 8.03. The second-order valence-corrected chi connectivity index (χ2v) is 7.26. The van der Waals surface area contributed by atoms with E-state index in [0.29, 0.717) is 24.7 Å². The largest absolute Gasteiger partial charge is 0.393 e. The Morgan fingerprint density at radius 1 is 0.950 bits per heavy atom. The van der Waals surface area contributed by atoms with Gasteiger partial charge in [-0.25, -0.2) is 0 Å². The molecule has 0 saturated heterocycles. The van der Waals surface area contributed by atoms with Crippen LogP contribution in [-0.2, 0) is 0 Å². The van der Waals surface area contributed by atoms with Crippen LogP contribution < -0.4 is 0 Å². The number of rotatable bonds is 2. The van der Waals surface area contributed by atoms with Gasteiger partial charge >= 0.3 is 6.18 Å². The van der Waals surface area contributed by atoms with Crippen LogP contribution >= 0.6 is 0 Å². The first-order chi connectivity index (χ1) is 9.29. The van der Waals surface area contributed by atoms with Crippen molar-refractivity contribution in [3.8, 4) is 0 Å². The molecule has 0 aromatic heterocycles. The molecule has 0 aromatic rings. The van der Waals surface area contributed by atoms with Crippen LogP contribution in [0.2, 0.25) is 0 Å². The molecule has 0 bridgehead atoms. The minimum absolute atomic E-state index is 0.0571. The first-order valence-corrected chi connectivity index (χ1v) is 8.03. The van der Waals surface area contributed by atoms with Gasteiger partial charge in [0.2, 0.25) is 0 Å². The van der Waals surface area contributed by atoms with Crippen LogP contribution in [0.25, 0.3) is 0 Å². The molecule has 0 aliphatic heterocycles. The van der Waals surface area contributed by atoms with Crippen LogP contribution in [0.3, 0.4) is 0 Å². The Labute approximate surface area is 119 Å². The molecule has 0 amide bonds. The quantitative estimate of drug-likeness (QED) is 0.776. The minimum atomic E-state index is -4.15. The van der Waals surface area contributed by atoms with E-state index in [9.17, 15) is 18.3 Å². The fourth-order valence-electron chi connectivity index (χ4n) is 4.61. The number of aliphatic hydroxyl groups excluding tert-OH is 1. The van der Waals surface area contributed by atoms with Crippen LogP contribution in [0, 0.1) is 29.6 Å². The van der Waals surface area contributed by atoms with Gasteiger partial charge in [0.25, 0.3) is 0 Å². The molecule has 118 valence electrons. The lowest BCUT2D eigenvalue weighted by Crippen LogP contribution is -2.43. The van der Waals surface area contributed by atoms with Crippen LogP contribution in [0.1, 0.15) is 58.8 Å². The molecular weight excluding hydrogens is 265 g/mol. The molecule has 0 radical (unpaired) electrons. The third-order valence-electron chi connectivity index (χ3n) is 5.38. The summed E-state index contributed by atoms with van der Waals surface area (Å²) in [5, 5.41) is 10.6. The Balaban J connectivity index is 2.07. The molecule has 4 heteroatoms. The van der Waals surface area contributed by atoms with Gasteiger partial charge in [-0.1, -0.05) is 26.7 Å². The second kappa shape index (κ2) is 6.25. The number of halogens is 3. The van der Waals surface area contributed by atoms with Gasteiger partial charge < -0.3 is 5.11 Å². The Morgan fingerprint density at radius 3 is 2.05 bits per heavy atom. The Kier molecular flexibility index (Phi) is 5.04. The van der Waals surface area contributed by atoms with Gasteiger partial charge in [-0.2, -0.15) is 13.2 Å². The number of alkyl halides is 3. The summed E-state index contributed by atoms with van der Waals surface area (Å²) in [6, 6.07) is 0. The third kappa shape index (κ3) is 3.69. The SMILES string of the molecule is CC1CC(C)CC(C(O)C2CCCCC2C(F)(F)F)C1. The van der Waals surface area contributed by atoms with Crippen molar-refractivity contribution in [2.75, 3.05) is 0 Å². The molecule has 5 unspecified atom stereocenters. The molecule has 2 aliphatic rings. The van der Waals surface area contributed by atoms with E-state index in [-0.39, 0.29) is 12.3 Å². The van der Waals surface area contributed by atoms with Gasteiger partial charge in [-0.15, -0.1) is 0 Å². The Morgan fingerprint density at radius 2 is 1.50 bits per heavy atom. The molecule has 1 N–H and O–H groups in total. The maximum atomic E-state index is 13.2. The summed E-state index contributed by atoms with van der Waals surface area (Å²) in [7, 11) is 0. The number of hydrogen-bond donors (Lipinski definition) is 1. The summed E-state index contributed by atoms with van der Waals surface area (Å²) in [6.07, 6.45) is 0.172. The van der Waals surface area contributed by atoms with Gasteiger partial charge in [0, 0.05) is 0 Å². The van der Waals surface area contributed by atoms with E-state index in [1.807, 2.05) is 0 Å². The predicted molar refractivity (Wildman–Crippen MR) is 73.2 cm³/mol. The summed E-state index contributed by atoms with van der Waals surface area (Å²) in [5.74, 6) is -0.774. The molecule has 5 atom stereocenters. The van der Waals surface area contributed by atoms with Crippen LogP contribution in [0.15, 0.2) is 0 Å². The lowest BCUT2D eigenvalue weighted by atomic mass is 9.67. The maximum absolute atomic E-state index is 13.2. The van der Waals surface area contributed by atoms with Crippen molar-refractivity contribution in [1.82, 2.24) is 0 Å². The van der Waals surface area contributed by atoms with Crippen molar-refractivity contribution in [1.29, 1.82) is 0 Å². The van der Waals surface area contributed by atoms with Crippen molar-refractivity contribution in [3.05, 3.63) is 0 Å². The van der Waals surface area contributed by atoms with Crippen molar-refractivity contribution in [3.63, 3.8) is 0 Å². The summed E-state index contributed by atoms with van der Waals surface area (Å²) in [6.45, 7) is 4.30. The average molecular weight is 292 g/mol. The van der Waals surface area contributed by atoms with E-state index < -0.39 is 24.1 Å². The van der Waals surface area contributed by atoms with Gasteiger partial charge in [-0.05, 0) is 55.8 Å². The third-order valence-corrected chi connectivity index (χ3v) is 5.38.